The molecule has 1 aromatic rings. The number of aliphatic hydroxyl groups is 1. The van der Waals surface area contributed by atoms with Crippen molar-refractivity contribution in [2.24, 2.45) is 0 Å². The molecule has 2 aliphatic rings. The first-order chi connectivity index (χ1) is 12.5. The van der Waals surface area contributed by atoms with Crippen LogP contribution in [0.2, 0.25) is 0 Å². The molecule has 0 aromatic heterocycles. The zero-order valence-electron chi connectivity index (χ0n) is 15.2. The molecule has 1 saturated heterocycles. The summed E-state index contributed by atoms with van der Waals surface area (Å²) >= 11 is 0. The fourth-order valence-corrected chi connectivity index (χ4v) is 4.19. The summed E-state index contributed by atoms with van der Waals surface area (Å²) in [6.07, 6.45) is 5.44. The van der Waals surface area contributed by atoms with E-state index in [2.05, 4.69) is 11.9 Å². The monoisotopic (exact) mass is 356 g/mol. The molecule has 1 saturated carbocycles. The summed E-state index contributed by atoms with van der Waals surface area (Å²) in [5.41, 5.74) is 0.411. The Labute approximate surface area is 155 Å². The number of nitrogens with zero attached hydrogens (tertiary/aromatic N) is 1. The maximum absolute atomic E-state index is 13.3. The van der Waals surface area contributed by atoms with Crippen molar-refractivity contribution >= 4 is 11.8 Å². The van der Waals surface area contributed by atoms with Crippen LogP contribution in [0.15, 0.2) is 43.0 Å². The summed E-state index contributed by atoms with van der Waals surface area (Å²) in [5.74, 6) is -0.0240. The van der Waals surface area contributed by atoms with E-state index in [1.807, 2.05) is 30.3 Å². The van der Waals surface area contributed by atoms with Crippen molar-refractivity contribution in [3.8, 4) is 0 Å². The molecule has 1 heterocycles. The number of carbonyl (C=O) groups is 2. The number of hydrogen-bond acceptors (Lipinski definition) is 3. The Hall–Kier alpha value is -2.14. The molecular weight excluding hydrogens is 328 g/mol. The van der Waals surface area contributed by atoms with Crippen LogP contribution in [-0.2, 0) is 15.0 Å². The van der Waals surface area contributed by atoms with Crippen LogP contribution in [0.3, 0.4) is 0 Å². The Bertz CT molecular complexity index is 642. The van der Waals surface area contributed by atoms with E-state index in [4.69, 9.17) is 0 Å². The van der Waals surface area contributed by atoms with Gasteiger partial charge >= 0.3 is 0 Å². The maximum atomic E-state index is 13.3. The molecule has 5 nitrogen and oxygen atoms in total. The Morgan fingerprint density at radius 1 is 1.12 bits per heavy atom. The Morgan fingerprint density at radius 2 is 1.73 bits per heavy atom. The van der Waals surface area contributed by atoms with Crippen LogP contribution in [0.5, 0.6) is 0 Å². The number of aliphatic hydroxyl groups excluding tert-OH is 1. The molecule has 0 spiro atoms. The lowest BCUT2D eigenvalue weighted by Gasteiger charge is -2.42. The van der Waals surface area contributed by atoms with Crippen molar-refractivity contribution in [1.29, 1.82) is 0 Å². The van der Waals surface area contributed by atoms with Gasteiger partial charge in [0.1, 0.15) is 0 Å². The van der Waals surface area contributed by atoms with Crippen molar-refractivity contribution in [3.05, 3.63) is 48.6 Å². The van der Waals surface area contributed by atoms with Crippen LogP contribution >= 0.6 is 0 Å². The van der Waals surface area contributed by atoms with E-state index in [9.17, 15) is 14.7 Å². The van der Waals surface area contributed by atoms with Crippen LogP contribution in [0.1, 0.15) is 44.1 Å². The van der Waals surface area contributed by atoms with Crippen LogP contribution < -0.4 is 5.32 Å². The number of nitrogens with one attached hydrogen (secondary N) is 1. The lowest BCUT2D eigenvalue weighted by atomic mass is 9.71. The van der Waals surface area contributed by atoms with E-state index < -0.39 is 5.41 Å². The van der Waals surface area contributed by atoms with Gasteiger partial charge in [-0.05, 0) is 50.2 Å². The number of hydrogen-bond donors (Lipinski definition) is 2. The Morgan fingerprint density at radius 3 is 2.31 bits per heavy atom. The zero-order chi connectivity index (χ0) is 18.6. The minimum Gasteiger partial charge on any atom is -0.393 e. The summed E-state index contributed by atoms with van der Waals surface area (Å²) < 4.78 is 0. The number of rotatable bonds is 4. The highest BCUT2D eigenvalue weighted by Gasteiger charge is 2.44. The summed E-state index contributed by atoms with van der Waals surface area (Å²) in [4.78, 5) is 27.0. The first kappa shape index (κ1) is 18.6. The van der Waals surface area contributed by atoms with Gasteiger partial charge in [0.25, 0.3) is 0 Å². The zero-order valence-corrected chi connectivity index (χ0v) is 15.2. The van der Waals surface area contributed by atoms with Gasteiger partial charge in [-0.3, -0.25) is 9.59 Å². The van der Waals surface area contributed by atoms with Gasteiger partial charge in [0, 0.05) is 19.1 Å². The van der Waals surface area contributed by atoms with E-state index in [0.29, 0.717) is 25.9 Å². The highest BCUT2D eigenvalue weighted by Crippen LogP contribution is 2.36. The Kier molecular flexibility index (Phi) is 5.77. The molecule has 2 fully saturated rings. The van der Waals surface area contributed by atoms with Crippen LogP contribution in [0.4, 0.5) is 0 Å². The Balaban J connectivity index is 1.77. The number of amides is 2. The number of benzene rings is 1. The molecule has 1 aromatic carbocycles. The molecule has 1 aliphatic carbocycles. The van der Waals surface area contributed by atoms with Gasteiger partial charge in [0.15, 0.2) is 0 Å². The van der Waals surface area contributed by atoms with Gasteiger partial charge in [-0.25, -0.2) is 0 Å². The molecule has 2 amide bonds. The van der Waals surface area contributed by atoms with Gasteiger partial charge in [0.2, 0.25) is 11.8 Å². The fraction of sp³-hybridized carbons (Fsp3) is 0.524. The predicted octanol–water partition coefficient (Wildman–Crippen LogP) is 2.15. The van der Waals surface area contributed by atoms with Crippen LogP contribution in [-0.4, -0.2) is 47.1 Å². The third kappa shape index (κ3) is 3.83. The second kappa shape index (κ2) is 8.04. The largest absolute Gasteiger partial charge is 0.393 e. The normalized spacial score (nSPS) is 25.3. The summed E-state index contributed by atoms with van der Waals surface area (Å²) in [5, 5.41) is 12.9. The van der Waals surface area contributed by atoms with Crippen molar-refractivity contribution < 1.29 is 14.7 Å². The lowest BCUT2D eigenvalue weighted by Crippen LogP contribution is -2.54. The minimum atomic E-state index is -0.602. The molecule has 0 radical (unpaired) electrons. The predicted molar refractivity (Wildman–Crippen MR) is 101 cm³/mol. The quantitative estimate of drug-likeness (QED) is 0.812. The number of piperidine rings is 1. The molecule has 0 unspecified atom stereocenters. The van der Waals surface area contributed by atoms with Gasteiger partial charge in [-0.1, -0.05) is 36.9 Å². The highest BCUT2D eigenvalue weighted by atomic mass is 16.3. The minimum absolute atomic E-state index is 0.0517. The van der Waals surface area contributed by atoms with Gasteiger partial charge in [0.05, 0.1) is 11.5 Å². The second-order valence-electron chi connectivity index (χ2n) is 7.46. The van der Waals surface area contributed by atoms with Gasteiger partial charge in [-0.15, -0.1) is 0 Å². The first-order valence-corrected chi connectivity index (χ1v) is 9.51. The van der Waals surface area contributed by atoms with Crippen LogP contribution in [0.25, 0.3) is 0 Å². The molecule has 1 aliphatic heterocycles. The molecule has 0 atom stereocenters. The molecule has 0 bridgehead atoms. The summed E-state index contributed by atoms with van der Waals surface area (Å²) in [6.45, 7) is 4.66. The molecule has 2 N–H and O–H groups in total. The van der Waals surface area contributed by atoms with E-state index >= 15 is 0 Å². The van der Waals surface area contributed by atoms with E-state index in [1.54, 1.807) is 4.90 Å². The van der Waals surface area contributed by atoms with Crippen molar-refractivity contribution in [1.82, 2.24) is 10.2 Å². The maximum Gasteiger partial charge on any atom is 0.245 e. The van der Waals surface area contributed by atoms with Crippen LogP contribution in [0, 0.1) is 0 Å². The highest BCUT2D eigenvalue weighted by molar-refractivity contribution is 5.90. The topological polar surface area (TPSA) is 69.6 Å². The average Bonchev–Trinajstić information content (AvgIpc) is 2.69. The molecular formula is C21H28N2O3. The van der Waals surface area contributed by atoms with E-state index in [0.717, 1.165) is 31.2 Å². The van der Waals surface area contributed by atoms with Gasteiger partial charge < -0.3 is 15.3 Å². The summed E-state index contributed by atoms with van der Waals surface area (Å²) in [7, 11) is 0. The standard InChI is InChI=1S/C21H28N2O3/c1-2-19(25)23-14-12-21(13-15-23,16-6-4-3-5-7-16)20(26)22-17-8-10-18(24)11-9-17/h2-7,17-18,24H,1,8-15H2,(H,22,26). The summed E-state index contributed by atoms with van der Waals surface area (Å²) in [6, 6.07) is 10.0. The lowest BCUT2D eigenvalue weighted by molar-refractivity contribution is -0.134. The SMILES string of the molecule is C=CC(=O)N1CCC(C(=O)NC2CCC(O)CC2)(c2ccccc2)CC1. The van der Waals surface area contributed by atoms with Crippen molar-refractivity contribution in [3.63, 3.8) is 0 Å². The van der Waals surface area contributed by atoms with E-state index in [-0.39, 0.29) is 24.0 Å². The molecule has 5 heteroatoms. The van der Waals surface area contributed by atoms with E-state index in [1.165, 1.54) is 6.08 Å². The van der Waals surface area contributed by atoms with Crippen molar-refractivity contribution in [2.45, 2.75) is 56.1 Å². The number of likely N-dealkylation sites (tertiary alicyclic amines) is 1. The molecule has 3 rings (SSSR count). The third-order valence-corrected chi connectivity index (χ3v) is 5.90. The smallest absolute Gasteiger partial charge is 0.245 e. The third-order valence-electron chi connectivity index (χ3n) is 5.90. The number of carbonyl (C=O) groups excluding carboxylic acids is 2. The fourth-order valence-electron chi connectivity index (χ4n) is 4.19. The first-order valence-electron chi connectivity index (χ1n) is 9.51. The average molecular weight is 356 g/mol. The van der Waals surface area contributed by atoms with Gasteiger partial charge in [-0.2, -0.15) is 0 Å². The van der Waals surface area contributed by atoms with Crippen molar-refractivity contribution in [2.75, 3.05) is 13.1 Å². The molecule has 26 heavy (non-hydrogen) atoms. The second-order valence-corrected chi connectivity index (χ2v) is 7.46. The molecule has 140 valence electrons.